The third kappa shape index (κ3) is 4.25. The Morgan fingerprint density at radius 1 is 0.353 bits per heavy atom. The largest absolute Gasteiger partial charge is 0.456 e. The van der Waals surface area contributed by atoms with E-state index in [-0.39, 0.29) is 0 Å². The molecule has 236 valence electrons. The van der Waals surface area contributed by atoms with Crippen molar-refractivity contribution in [2.24, 2.45) is 0 Å². The molecule has 0 spiro atoms. The third-order valence-corrected chi connectivity index (χ3v) is 10.4. The number of nitrogens with zero attached hydrogens (tertiary/aromatic N) is 2. The van der Waals surface area contributed by atoms with Crippen LogP contribution in [0, 0.1) is 0 Å². The van der Waals surface area contributed by atoms with E-state index in [9.17, 15) is 0 Å². The maximum Gasteiger partial charge on any atom is 0.160 e. The molecule has 0 unspecified atom stereocenters. The first-order valence-electron chi connectivity index (χ1n) is 17.3. The van der Waals surface area contributed by atoms with Crippen LogP contribution in [-0.4, -0.2) is 9.97 Å². The fourth-order valence-corrected chi connectivity index (χ4v) is 8.13. The van der Waals surface area contributed by atoms with Crippen LogP contribution in [0.15, 0.2) is 174 Å². The molecule has 0 aliphatic rings. The second kappa shape index (κ2) is 10.8. The van der Waals surface area contributed by atoms with Gasteiger partial charge in [-0.25, -0.2) is 9.97 Å². The molecule has 0 saturated carbocycles. The van der Waals surface area contributed by atoms with Crippen molar-refractivity contribution in [3.05, 3.63) is 170 Å². The van der Waals surface area contributed by atoms with E-state index in [0.29, 0.717) is 5.82 Å². The molecular formula is C48H28N2O. The van der Waals surface area contributed by atoms with Crippen LogP contribution in [0.4, 0.5) is 0 Å². The van der Waals surface area contributed by atoms with Crippen molar-refractivity contribution in [3.63, 3.8) is 0 Å². The smallest absolute Gasteiger partial charge is 0.160 e. The fraction of sp³-hybridized carbons (Fsp3) is 0. The van der Waals surface area contributed by atoms with E-state index >= 15 is 0 Å². The van der Waals surface area contributed by atoms with Gasteiger partial charge < -0.3 is 4.42 Å². The summed E-state index contributed by atoms with van der Waals surface area (Å²) in [6.45, 7) is 0. The highest BCUT2D eigenvalue weighted by atomic mass is 16.3. The minimum atomic E-state index is 0.695. The predicted molar refractivity (Wildman–Crippen MR) is 213 cm³/mol. The Kier molecular flexibility index (Phi) is 5.96. The quantitative estimate of drug-likeness (QED) is 0.179. The van der Waals surface area contributed by atoms with Gasteiger partial charge in [-0.1, -0.05) is 140 Å². The van der Waals surface area contributed by atoms with Crippen LogP contribution in [0.2, 0.25) is 0 Å². The minimum Gasteiger partial charge on any atom is -0.456 e. The van der Waals surface area contributed by atoms with Gasteiger partial charge in [-0.05, 0) is 84.5 Å². The van der Waals surface area contributed by atoms with E-state index in [1.54, 1.807) is 0 Å². The van der Waals surface area contributed by atoms with E-state index in [1.165, 1.54) is 48.7 Å². The third-order valence-electron chi connectivity index (χ3n) is 10.4. The Morgan fingerprint density at radius 2 is 1.02 bits per heavy atom. The van der Waals surface area contributed by atoms with Gasteiger partial charge in [0.05, 0.1) is 11.2 Å². The molecule has 0 amide bonds. The maximum absolute atomic E-state index is 6.31. The number of hydrogen-bond acceptors (Lipinski definition) is 3. The second-order valence-electron chi connectivity index (χ2n) is 13.3. The van der Waals surface area contributed by atoms with Crippen molar-refractivity contribution in [2.75, 3.05) is 0 Å². The van der Waals surface area contributed by atoms with Crippen LogP contribution in [0.25, 0.3) is 110 Å². The van der Waals surface area contributed by atoms with Crippen molar-refractivity contribution in [3.8, 4) is 33.8 Å². The minimum absolute atomic E-state index is 0.695. The Bertz CT molecular complexity index is 3190. The number of benzene rings is 9. The number of furan rings is 1. The summed E-state index contributed by atoms with van der Waals surface area (Å²) in [6.07, 6.45) is 0. The lowest BCUT2D eigenvalue weighted by Gasteiger charge is -2.16. The summed E-state index contributed by atoms with van der Waals surface area (Å²) in [4.78, 5) is 10.5. The molecule has 11 aromatic rings. The van der Waals surface area contributed by atoms with Crippen LogP contribution in [0.1, 0.15) is 0 Å². The van der Waals surface area contributed by atoms with E-state index in [4.69, 9.17) is 14.4 Å². The van der Waals surface area contributed by atoms with Crippen LogP contribution < -0.4 is 0 Å². The number of hydrogen-bond donors (Lipinski definition) is 0. The Balaban J connectivity index is 1.24. The average molecular weight is 649 g/mol. The molecule has 0 saturated heterocycles. The molecule has 2 aromatic heterocycles. The zero-order valence-corrected chi connectivity index (χ0v) is 27.5. The number of fused-ring (bicyclic) bond motifs is 11. The van der Waals surface area contributed by atoms with Crippen LogP contribution in [-0.2, 0) is 0 Å². The second-order valence-corrected chi connectivity index (χ2v) is 13.3. The van der Waals surface area contributed by atoms with Crippen molar-refractivity contribution >= 4 is 75.9 Å². The molecular weight excluding hydrogens is 621 g/mol. The summed E-state index contributed by atoms with van der Waals surface area (Å²) in [5.41, 5.74) is 7.82. The summed E-state index contributed by atoms with van der Waals surface area (Å²) < 4.78 is 6.31. The lowest BCUT2D eigenvalue weighted by Crippen LogP contribution is -1.96. The molecule has 11 rings (SSSR count). The first kappa shape index (κ1) is 28.0. The highest BCUT2D eigenvalue weighted by Crippen LogP contribution is 2.44. The molecule has 9 aromatic carbocycles. The van der Waals surface area contributed by atoms with Gasteiger partial charge >= 0.3 is 0 Å². The highest BCUT2D eigenvalue weighted by Gasteiger charge is 2.19. The monoisotopic (exact) mass is 648 g/mol. The van der Waals surface area contributed by atoms with E-state index in [1.807, 2.05) is 36.4 Å². The summed E-state index contributed by atoms with van der Waals surface area (Å²) in [7, 11) is 0. The first-order valence-corrected chi connectivity index (χ1v) is 17.3. The molecule has 0 atom stereocenters. The molecule has 0 aliphatic heterocycles. The van der Waals surface area contributed by atoms with Gasteiger partial charge in [-0.3, -0.25) is 0 Å². The van der Waals surface area contributed by atoms with Crippen LogP contribution >= 0.6 is 0 Å². The van der Waals surface area contributed by atoms with Gasteiger partial charge in [-0.2, -0.15) is 0 Å². The fourth-order valence-electron chi connectivity index (χ4n) is 8.13. The van der Waals surface area contributed by atoms with Gasteiger partial charge in [0.2, 0.25) is 0 Å². The molecule has 0 fully saturated rings. The summed E-state index contributed by atoms with van der Waals surface area (Å²) in [5, 5.41) is 13.1. The zero-order chi connectivity index (χ0) is 33.5. The van der Waals surface area contributed by atoms with Gasteiger partial charge in [-0.15, -0.1) is 0 Å². The molecule has 0 radical (unpaired) electrons. The SMILES string of the molecule is c1ccc(-c2nc(-c3cccc4oc5ccccc5c34)c3ccc(-c4cc5ccc6ccccc6c5c5ccc6ccccc6c45)cc3n2)cc1. The van der Waals surface area contributed by atoms with Gasteiger partial charge in [0.25, 0.3) is 0 Å². The molecule has 3 nitrogen and oxygen atoms in total. The molecule has 2 heterocycles. The standard InChI is InChI=1S/C48H28N2O/c1-2-13-31(14-3-1)48-49-41-28-32(24-25-36(41)47(50-48)39-18-10-20-43-46(39)37-17-8-9-19-42(37)51-43)40-27-33-22-21-29-11-4-6-15-34(29)44(33)38-26-23-30-12-5-7-16-35(30)45(38)40/h1-28H. The van der Waals surface area contributed by atoms with Crippen molar-refractivity contribution in [1.29, 1.82) is 0 Å². The topological polar surface area (TPSA) is 38.9 Å². The lowest BCUT2D eigenvalue weighted by molar-refractivity contribution is 0.669. The molecule has 0 aliphatic carbocycles. The zero-order valence-electron chi connectivity index (χ0n) is 27.5. The summed E-state index contributed by atoms with van der Waals surface area (Å²) in [6, 6.07) is 60.3. The molecule has 0 N–H and O–H groups in total. The number of rotatable bonds is 3. The van der Waals surface area contributed by atoms with Gasteiger partial charge in [0.1, 0.15) is 11.2 Å². The lowest BCUT2D eigenvalue weighted by atomic mass is 9.88. The van der Waals surface area contributed by atoms with Gasteiger partial charge in [0, 0.05) is 27.3 Å². The van der Waals surface area contributed by atoms with Crippen LogP contribution in [0.3, 0.4) is 0 Å². The molecule has 51 heavy (non-hydrogen) atoms. The maximum atomic E-state index is 6.31. The summed E-state index contributed by atoms with van der Waals surface area (Å²) in [5.74, 6) is 0.695. The summed E-state index contributed by atoms with van der Waals surface area (Å²) >= 11 is 0. The highest BCUT2D eigenvalue weighted by molar-refractivity contribution is 6.28. The Labute approximate surface area is 293 Å². The Morgan fingerprint density at radius 3 is 1.86 bits per heavy atom. The van der Waals surface area contributed by atoms with E-state index < -0.39 is 0 Å². The predicted octanol–water partition coefficient (Wildman–Crippen LogP) is 13.1. The normalized spacial score (nSPS) is 11.9. The van der Waals surface area contributed by atoms with E-state index in [2.05, 4.69) is 133 Å². The average Bonchev–Trinajstić information content (AvgIpc) is 3.59. The molecule has 3 heteroatoms. The Hall–Kier alpha value is -6.84. The van der Waals surface area contributed by atoms with E-state index in [0.717, 1.165) is 55.2 Å². The molecule has 0 bridgehead atoms. The van der Waals surface area contributed by atoms with Crippen molar-refractivity contribution < 1.29 is 4.42 Å². The van der Waals surface area contributed by atoms with Gasteiger partial charge in [0.15, 0.2) is 5.82 Å². The number of aromatic nitrogens is 2. The first-order chi connectivity index (χ1) is 25.3. The van der Waals surface area contributed by atoms with Crippen LogP contribution in [0.5, 0.6) is 0 Å². The van der Waals surface area contributed by atoms with Crippen molar-refractivity contribution in [1.82, 2.24) is 9.97 Å². The van der Waals surface area contributed by atoms with Crippen molar-refractivity contribution in [2.45, 2.75) is 0 Å². The number of para-hydroxylation sites is 1.